The summed E-state index contributed by atoms with van der Waals surface area (Å²) in [6, 6.07) is 4.16. The molecule has 6 nitrogen and oxygen atoms in total. The maximum atomic E-state index is 13.6. The molecule has 1 fully saturated rings. The lowest BCUT2D eigenvalue weighted by molar-refractivity contribution is -0.148. The Morgan fingerprint density at radius 1 is 1.48 bits per heavy atom. The van der Waals surface area contributed by atoms with E-state index < -0.39 is 11.9 Å². The van der Waals surface area contributed by atoms with E-state index in [1.807, 2.05) is 6.92 Å². The molecule has 1 N–H and O–H groups in total. The molecule has 2 aliphatic heterocycles. The maximum Gasteiger partial charge on any atom is 0.252 e. The zero-order valence-corrected chi connectivity index (χ0v) is 15.3. The molecule has 0 aliphatic carbocycles. The summed E-state index contributed by atoms with van der Waals surface area (Å²) in [5.74, 6) is -0.506. The van der Waals surface area contributed by atoms with Crippen molar-refractivity contribution in [2.24, 2.45) is 5.92 Å². The number of aromatic nitrogens is 1. The van der Waals surface area contributed by atoms with E-state index in [0.29, 0.717) is 49.3 Å². The van der Waals surface area contributed by atoms with Gasteiger partial charge in [0.1, 0.15) is 11.9 Å². The number of benzene rings is 1. The summed E-state index contributed by atoms with van der Waals surface area (Å²) in [4.78, 5) is 30.9. The molecule has 1 amide bonds. The summed E-state index contributed by atoms with van der Waals surface area (Å²) < 4.78 is 24.7. The minimum atomic E-state index is -0.545. The first-order valence-electron chi connectivity index (χ1n) is 9.40. The number of carbonyl (C=O) groups excluding carboxylic acids is 1. The van der Waals surface area contributed by atoms with Gasteiger partial charge in [0.25, 0.3) is 5.91 Å². The van der Waals surface area contributed by atoms with E-state index in [9.17, 15) is 14.0 Å². The lowest BCUT2D eigenvalue weighted by Crippen LogP contribution is -2.47. The third-order valence-corrected chi connectivity index (χ3v) is 5.43. The van der Waals surface area contributed by atoms with Crippen LogP contribution >= 0.6 is 0 Å². The Hall–Kier alpha value is -2.25. The van der Waals surface area contributed by atoms with Gasteiger partial charge in [0.2, 0.25) is 0 Å². The SMILES string of the molecule is CCOC(C(=O)N1CCc2[nH]c3ccc(F)cc3c(=O)c2C1)C1CCOC1. The van der Waals surface area contributed by atoms with Gasteiger partial charge in [0.15, 0.2) is 5.43 Å². The number of hydrogen-bond donors (Lipinski definition) is 1. The Balaban J connectivity index is 1.63. The van der Waals surface area contributed by atoms with Crippen molar-refractivity contribution in [1.82, 2.24) is 9.88 Å². The highest BCUT2D eigenvalue weighted by molar-refractivity contribution is 5.83. The Kier molecular flexibility index (Phi) is 4.97. The fraction of sp³-hybridized carbons (Fsp3) is 0.500. The van der Waals surface area contributed by atoms with Crippen LogP contribution in [0.2, 0.25) is 0 Å². The predicted octanol–water partition coefficient (Wildman–Crippen LogP) is 1.99. The Morgan fingerprint density at radius 2 is 2.33 bits per heavy atom. The molecule has 0 radical (unpaired) electrons. The van der Waals surface area contributed by atoms with Crippen LogP contribution < -0.4 is 5.43 Å². The molecule has 0 bridgehead atoms. The minimum absolute atomic E-state index is 0.0443. The lowest BCUT2D eigenvalue weighted by atomic mass is 9.97. The molecule has 144 valence electrons. The number of nitrogens with one attached hydrogen (secondary N) is 1. The number of H-pyrrole nitrogens is 1. The van der Waals surface area contributed by atoms with Crippen molar-refractivity contribution in [2.45, 2.75) is 32.4 Å². The molecule has 3 heterocycles. The maximum absolute atomic E-state index is 13.6. The lowest BCUT2D eigenvalue weighted by Gasteiger charge is -2.33. The van der Waals surface area contributed by atoms with Gasteiger partial charge in [0, 0.05) is 54.3 Å². The molecule has 1 saturated heterocycles. The molecule has 7 heteroatoms. The topological polar surface area (TPSA) is 71.6 Å². The average molecular weight is 374 g/mol. The van der Waals surface area contributed by atoms with Crippen LogP contribution in [-0.2, 0) is 27.2 Å². The van der Waals surface area contributed by atoms with Gasteiger partial charge in [0.05, 0.1) is 13.2 Å². The van der Waals surface area contributed by atoms with Crippen LogP contribution in [0, 0.1) is 11.7 Å². The predicted molar refractivity (Wildman–Crippen MR) is 98.0 cm³/mol. The Bertz CT molecular complexity index is 920. The third kappa shape index (κ3) is 3.37. The first-order chi connectivity index (χ1) is 13.1. The van der Waals surface area contributed by atoms with Gasteiger partial charge in [-0.15, -0.1) is 0 Å². The Morgan fingerprint density at radius 3 is 3.07 bits per heavy atom. The molecule has 2 atom stereocenters. The smallest absolute Gasteiger partial charge is 0.252 e. The van der Waals surface area contributed by atoms with Crippen LogP contribution in [-0.4, -0.2) is 48.3 Å². The molecule has 4 rings (SSSR count). The quantitative estimate of drug-likeness (QED) is 0.889. The Labute approximate surface area is 156 Å². The normalized spacial score (nSPS) is 20.7. The molecular formula is C20H23FN2O4. The first-order valence-corrected chi connectivity index (χ1v) is 9.40. The van der Waals surface area contributed by atoms with Crippen molar-refractivity contribution in [2.75, 3.05) is 26.4 Å². The van der Waals surface area contributed by atoms with E-state index in [1.165, 1.54) is 12.1 Å². The highest BCUT2D eigenvalue weighted by Gasteiger charge is 2.36. The van der Waals surface area contributed by atoms with E-state index in [1.54, 1.807) is 11.0 Å². The molecule has 0 spiro atoms. The van der Waals surface area contributed by atoms with Crippen LogP contribution in [0.15, 0.2) is 23.0 Å². The van der Waals surface area contributed by atoms with Crippen molar-refractivity contribution in [3.63, 3.8) is 0 Å². The van der Waals surface area contributed by atoms with Crippen LogP contribution in [0.5, 0.6) is 0 Å². The van der Waals surface area contributed by atoms with Crippen molar-refractivity contribution < 1.29 is 18.7 Å². The number of rotatable bonds is 4. The highest BCUT2D eigenvalue weighted by Crippen LogP contribution is 2.24. The summed E-state index contributed by atoms with van der Waals surface area (Å²) in [5.41, 5.74) is 1.76. The van der Waals surface area contributed by atoms with Crippen molar-refractivity contribution in [3.8, 4) is 0 Å². The summed E-state index contributed by atoms with van der Waals surface area (Å²) in [5, 5.41) is 0.314. The van der Waals surface area contributed by atoms with E-state index in [4.69, 9.17) is 9.47 Å². The molecule has 1 aromatic carbocycles. The van der Waals surface area contributed by atoms with Crippen LogP contribution in [0.1, 0.15) is 24.6 Å². The van der Waals surface area contributed by atoms with E-state index in [2.05, 4.69) is 4.98 Å². The number of fused-ring (bicyclic) bond motifs is 2. The third-order valence-electron chi connectivity index (χ3n) is 5.43. The van der Waals surface area contributed by atoms with Crippen LogP contribution in [0.25, 0.3) is 10.9 Å². The molecule has 27 heavy (non-hydrogen) atoms. The molecule has 2 aromatic rings. The van der Waals surface area contributed by atoms with Gasteiger partial charge in [-0.25, -0.2) is 4.39 Å². The molecule has 2 unspecified atom stereocenters. The molecule has 2 aliphatic rings. The number of aromatic amines is 1. The van der Waals surface area contributed by atoms with Crippen molar-refractivity contribution in [1.29, 1.82) is 0 Å². The number of halogens is 1. The number of carbonyl (C=O) groups is 1. The van der Waals surface area contributed by atoms with Gasteiger partial charge in [-0.2, -0.15) is 0 Å². The monoisotopic (exact) mass is 374 g/mol. The average Bonchev–Trinajstić information content (AvgIpc) is 3.20. The largest absolute Gasteiger partial charge is 0.381 e. The first kappa shape index (κ1) is 18.1. The summed E-state index contributed by atoms with van der Waals surface area (Å²) in [6.07, 6.45) is 0.811. The van der Waals surface area contributed by atoms with Gasteiger partial charge < -0.3 is 19.4 Å². The zero-order valence-electron chi connectivity index (χ0n) is 15.3. The zero-order chi connectivity index (χ0) is 19.0. The fourth-order valence-electron chi connectivity index (χ4n) is 4.00. The van der Waals surface area contributed by atoms with E-state index in [0.717, 1.165) is 12.1 Å². The molecule has 0 saturated carbocycles. The number of ether oxygens (including phenoxy) is 2. The summed E-state index contributed by atoms with van der Waals surface area (Å²) in [6.45, 7) is 4.21. The van der Waals surface area contributed by atoms with Gasteiger partial charge in [-0.3, -0.25) is 9.59 Å². The number of amides is 1. The van der Waals surface area contributed by atoms with E-state index in [-0.39, 0.29) is 23.8 Å². The second kappa shape index (κ2) is 7.40. The van der Waals surface area contributed by atoms with Crippen LogP contribution in [0.4, 0.5) is 4.39 Å². The highest BCUT2D eigenvalue weighted by atomic mass is 19.1. The number of pyridine rings is 1. The van der Waals surface area contributed by atoms with Gasteiger partial charge >= 0.3 is 0 Å². The number of nitrogens with zero attached hydrogens (tertiary/aromatic N) is 1. The number of hydrogen-bond acceptors (Lipinski definition) is 4. The summed E-state index contributed by atoms with van der Waals surface area (Å²) >= 11 is 0. The van der Waals surface area contributed by atoms with Gasteiger partial charge in [-0.05, 0) is 31.5 Å². The molecular weight excluding hydrogens is 351 g/mol. The second-order valence-corrected chi connectivity index (χ2v) is 7.11. The van der Waals surface area contributed by atoms with Crippen molar-refractivity contribution in [3.05, 3.63) is 45.5 Å². The minimum Gasteiger partial charge on any atom is -0.381 e. The summed E-state index contributed by atoms with van der Waals surface area (Å²) in [7, 11) is 0. The fourth-order valence-corrected chi connectivity index (χ4v) is 4.00. The molecule has 1 aromatic heterocycles. The van der Waals surface area contributed by atoms with E-state index >= 15 is 0 Å². The van der Waals surface area contributed by atoms with Gasteiger partial charge in [-0.1, -0.05) is 0 Å². The second-order valence-electron chi connectivity index (χ2n) is 7.11. The standard InChI is InChI=1S/C20H23FN2O4/c1-2-27-19(12-6-8-26-11-12)20(25)23-7-5-17-15(10-23)18(24)14-9-13(21)3-4-16(14)22-17/h3-4,9,12,19H,2,5-8,10-11H2,1H3,(H,22,24). The van der Waals surface area contributed by atoms with Crippen molar-refractivity contribution >= 4 is 16.8 Å². The van der Waals surface area contributed by atoms with Crippen LogP contribution in [0.3, 0.4) is 0 Å².